The van der Waals surface area contributed by atoms with Crippen LogP contribution in [0.1, 0.15) is 48.5 Å². The largest absolute Gasteiger partial charge is 0.376 e. The Hall–Kier alpha value is -1.39. The summed E-state index contributed by atoms with van der Waals surface area (Å²) in [5, 5.41) is 2.90. The lowest BCUT2D eigenvalue weighted by Crippen LogP contribution is -2.33. The van der Waals surface area contributed by atoms with Crippen molar-refractivity contribution in [3.8, 4) is 0 Å². The van der Waals surface area contributed by atoms with Crippen LogP contribution in [0, 0.1) is 0 Å². The number of carbonyl (C=O) groups is 1. The van der Waals surface area contributed by atoms with Crippen molar-refractivity contribution in [2.45, 2.75) is 51.2 Å². The molecule has 21 heavy (non-hydrogen) atoms. The monoisotopic (exact) mass is 290 g/mol. The molecule has 0 bridgehead atoms. The molecular weight excluding hydrogens is 264 g/mol. The Labute approximate surface area is 127 Å². The van der Waals surface area contributed by atoms with Crippen molar-refractivity contribution in [1.29, 1.82) is 0 Å². The Morgan fingerprint density at radius 1 is 1.24 bits per heavy atom. The van der Waals surface area contributed by atoms with Gasteiger partial charge in [-0.25, -0.2) is 0 Å². The van der Waals surface area contributed by atoms with Gasteiger partial charge in [0.25, 0.3) is 5.91 Å². The molecule has 0 aliphatic heterocycles. The average Bonchev–Trinajstić information content (AvgIpc) is 2.53. The van der Waals surface area contributed by atoms with E-state index < -0.39 is 0 Å². The van der Waals surface area contributed by atoms with Crippen LogP contribution in [0.4, 0.5) is 0 Å². The maximum atomic E-state index is 12.0. The van der Waals surface area contributed by atoms with Crippen LogP contribution >= 0.6 is 0 Å². The van der Waals surface area contributed by atoms with E-state index in [4.69, 9.17) is 10.5 Å². The summed E-state index contributed by atoms with van der Waals surface area (Å²) >= 11 is 0. The van der Waals surface area contributed by atoms with Crippen molar-refractivity contribution < 1.29 is 9.53 Å². The topological polar surface area (TPSA) is 64.3 Å². The smallest absolute Gasteiger partial charge is 0.251 e. The third kappa shape index (κ3) is 5.14. The second-order valence-electron chi connectivity index (χ2n) is 5.71. The van der Waals surface area contributed by atoms with Gasteiger partial charge in [0.1, 0.15) is 0 Å². The summed E-state index contributed by atoms with van der Waals surface area (Å²) in [4.78, 5) is 12.0. The molecule has 0 spiro atoms. The Morgan fingerprint density at radius 3 is 2.52 bits per heavy atom. The van der Waals surface area contributed by atoms with Gasteiger partial charge in [-0.05, 0) is 49.8 Å². The molecule has 4 heteroatoms. The van der Waals surface area contributed by atoms with Crippen molar-refractivity contribution in [2.75, 3.05) is 13.2 Å². The van der Waals surface area contributed by atoms with Crippen LogP contribution in [0.15, 0.2) is 24.3 Å². The van der Waals surface area contributed by atoms with Crippen LogP contribution in [-0.2, 0) is 11.2 Å². The second kappa shape index (κ2) is 8.15. The summed E-state index contributed by atoms with van der Waals surface area (Å²) < 4.78 is 5.78. The molecule has 0 saturated heterocycles. The molecule has 3 N–H and O–H groups in total. The number of aryl methyl sites for hydroxylation is 1. The molecule has 1 aliphatic rings. The average molecular weight is 290 g/mol. The number of amides is 1. The lowest BCUT2D eigenvalue weighted by molar-refractivity contribution is 0.0267. The van der Waals surface area contributed by atoms with Crippen LogP contribution in [0.25, 0.3) is 0 Å². The number of rotatable bonds is 6. The number of nitrogens with two attached hydrogens (primary N) is 1. The summed E-state index contributed by atoms with van der Waals surface area (Å²) in [6, 6.07) is 8.08. The minimum Gasteiger partial charge on any atom is -0.376 e. The third-order valence-corrected chi connectivity index (χ3v) is 4.08. The molecule has 1 amide bonds. The predicted octanol–water partition coefficient (Wildman–Crippen LogP) is 2.27. The minimum absolute atomic E-state index is 0.0353. The van der Waals surface area contributed by atoms with Gasteiger partial charge < -0.3 is 15.8 Å². The Balaban J connectivity index is 1.64. The fourth-order valence-electron chi connectivity index (χ4n) is 2.64. The van der Waals surface area contributed by atoms with Gasteiger partial charge in [0.15, 0.2) is 0 Å². The summed E-state index contributed by atoms with van der Waals surface area (Å²) in [7, 11) is 0. The van der Waals surface area contributed by atoms with E-state index in [1.807, 2.05) is 24.3 Å². The summed E-state index contributed by atoms with van der Waals surface area (Å²) in [6.45, 7) is 3.22. The minimum atomic E-state index is -0.0353. The highest BCUT2D eigenvalue weighted by atomic mass is 16.5. The van der Waals surface area contributed by atoms with Crippen molar-refractivity contribution in [3.63, 3.8) is 0 Å². The van der Waals surface area contributed by atoms with Gasteiger partial charge in [0.2, 0.25) is 0 Å². The predicted molar refractivity (Wildman–Crippen MR) is 84.3 cm³/mol. The molecule has 4 nitrogen and oxygen atoms in total. The van der Waals surface area contributed by atoms with E-state index in [0.29, 0.717) is 30.9 Å². The first-order valence-electron chi connectivity index (χ1n) is 7.93. The lowest BCUT2D eigenvalue weighted by atomic mass is 9.94. The van der Waals surface area contributed by atoms with Crippen molar-refractivity contribution in [3.05, 3.63) is 35.4 Å². The van der Waals surface area contributed by atoms with Gasteiger partial charge in [-0.15, -0.1) is 0 Å². The van der Waals surface area contributed by atoms with Gasteiger partial charge in [-0.3, -0.25) is 4.79 Å². The standard InChI is InChI=1S/C17H26N2O2/c1-2-13-3-5-14(6-4-13)17(20)19-11-12-21-16-9-7-15(18)8-10-16/h3-6,15-16H,2,7-12,18H2,1H3,(H,19,20). The molecule has 1 aromatic carbocycles. The molecular formula is C17H26N2O2. The Morgan fingerprint density at radius 2 is 1.90 bits per heavy atom. The lowest BCUT2D eigenvalue weighted by Gasteiger charge is -2.26. The van der Waals surface area contributed by atoms with Gasteiger partial charge in [-0.1, -0.05) is 19.1 Å². The molecule has 0 heterocycles. The van der Waals surface area contributed by atoms with Crippen molar-refractivity contribution >= 4 is 5.91 Å². The first kappa shape index (κ1) is 16.0. The van der Waals surface area contributed by atoms with Crippen molar-refractivity contribution in [1.82, 2.24) is 5.32 Å². The number of carbonyl (C=O) groups excluding carboxylic acids is 1. The third-order valence-electron chi connectivity index (χ3n) is 4.08. The molecule has 0 radical (unpaired) electrons. The van der Waals surface area contributed by atoms with E-state index in [9.17, 15) is 4.79 Å². The number of hydrogen-bond donors (Lipinski definition) is 2. The number of hydrogen-bond acceptors (Lipinski definition) is 3. The molecule has 1 saturated carbocycles. The molecule has 1 aromatic rings. The highest BCUT2D eigenvalue weighted by Crippen LogP contribution is 2.19. The molecule has 2 rings (SSSR count). The number of benzene rings is 1. The zero-order valence-corrected chi connectivity index (χ0v) is 12.8. The van der Waals surface area contributed by atoms with Crippen LogP contribution < -0.4 is 11.1 Å². The molecule has 0 atom stereocenters. The molecule has 116 valence electrons. The normalized spacial score (nSPS) is 22.0. The SMILES string of the molecule is CCc1ccc(C(=O)NCCOC2CCC(N)CC2)cc1. The van der Waals surface area contributed by atoms with Crippen LogP contribution in [0.3, 0.4) is 0 Å². The van der Waals surface area contributed by atoms with E-state index in [-0.39, 0.29) is 5.91 Å². The van der Waals surface area contributed by atoms with E-state index in [1.165, 1.54) is 5.56 Å². The van der Waals surface area contributed by atoms with E-state index in [0.717, 1.165) is 32.1 Å². The summed E-state index contributed by atoms with van der Waals surface area (Å²) in [5.41, 5.74) is 7.81. The molecule has 0 aromatic heterocycles. The van der Waals surface area contributed by atoms with Crippen LogP contribution in [-0.4, -0.2) is 31.2 Å². The number of nitrogens with one attached hydrogen (secondary N) is 1. The van der Waals surface area contributed by atoms with E-state index >= 15 is 0 Å². The Kier molecular flexibility index (Phi) is 6.21. The number of ether oxygens (including phenoxy) is 1. The fraction of sp³-hybridized carbons (Fsp3) is 0.588. The highest BCUT2D eigenvalue weighted by Gasteiger charge is 2.18. The van der Waals surface area contributed by atoms with Gasteiger partial charge in [-0.2, -0.15) is 0 Å². The van der Waals surface area contributed by atoms with Gasteiger partial charge in [0.05, 0.1) is 12.7 Å². The quantitative estimate of drug-likeness (QED) is 0.790. The van der Waals surface area contributed by atoms with Crippen LogP contribution in [0.2, 0.25) is 0 Å². The Bertz CT molecular complexity index is 437. The molecule has 1 fully saturated rings. The maximum Gasteiger partial charge on any atom is 0.251 e. The summed E-state index contributed by atoms with van der Waals surface area (Å²) in [6.07, 6.45) is 5.45. The van der Waals surface area contributed by atoms with Crippen molar-refractivity contribution in [2.24, 2.45) is 5.73 Å². The van der Waals surface area contributed by atoms with Gasteiger partial charge in [0, 0.05) is 18.2 Å². The van der Waals surface area contributed by atoms with E-state index in [1.54, 1.807) is 0 Å². The zero-order valence-electron chi connectivity index (χ0n) is 12.8. The summed E-state index contributed by atoms with van der Waals surface area (Å²) in [5.74, 6) is -0.0353. The first-order valence-corrected chi connectivity index (χ1v) is 7.93. The van der Waals surface area contributed by atoms with Crippen LogP contribution in [0.5, 0.6) is 0 Å². The maximum absolute atomic E-state index is 12.0. The van der Waals surface area contributed by atoms with E-state index in [2.05, 4.69) is 12.2 Å². The fourth-order valence-corrected chi connectivity index (χ4v) is 2.64. The molecule has 1 aliphatic carbocycles. The van der Waals surface area contributed by atoms with Gasteiger partial charge >= 0.3 is 0 Å². The zero-order chi connectivity index (χ0) is 15.1. The highest BCUT2D eigenvalue weighted by molar-refractivity contribution is 5.94. The second-order valence-corrected chi connectivity index (χ2v) is 5.71. The first-order chi connectivity index (χ1) is 10.2. The molecule has 0 unspecified atom stereocenters.